The Morgan fingerprint density at radius 1 is 1.50 bits per heavy atom. The monoisotopic (exact) mass is 178 g/mol. The predicted octanol–water partition coefficient (Wildman–Crippen LogP) is 1.50. The molecular formula is C8H6N2OS. The van der Waals surface area contributed by atoms with Gasteiger partial charge in [0.1, 0.15) is 0 Å². The minimum atomic E-state index is -0.166. The molecule has 0 radical (unpaired) electrons. The molecule has 0 aliphatic rings. The van der Waals surface area contributed by atoms with Crippen LogP contribution in [0.25, 0.3) is 10.4 Å². The number of aromatic amines is 1. The quantitative estimate of drug-likeness (QED) is 0.719. The SMILES string of the molecule is O=c1cc(-c2cccs2)cn[nH]1. The van der Waals surface area contributed by atoms with Crippen LogP contribution in [-0.4, -0.2) is 10.2 Å². The fourth-order valence-corrected chi connectivity index (χ4v) is 1.66. The molecule has 12 heavy (non-hydrogen) atoms. The van der Waals surface area contributed by atoms with E-state index in [1.807, 2.05) is 17.5 Å². The van der Waals surface area contributed by atoms with E-state index in [0.29, 0.717) is 0 Å². The molecule has 0 saturated carbocycles. The largest absolute Gasteiger partial charge is 0.268 e. The second-order valence-electron chi connectivity index (χ2n) is 2.31. The van der Waals surface area contributed by atoms with Gasteiger partial charge in [-0.3, -0.25) is 4.79 Å². The van der Waals surface area contributed by atoms with Gasteiger partial charge in [0.15, 0.2) is 0 Å². The number of hydrogen-bond acceptors (Lipinski definition) is 3. The average molecular weight is 178 g/mol. The van der Waals surface area contributed by atoms with Crippen LogP contribution in [0.2, 0.25) is 0 Å². The van der Waals surface area contributed by atoms with Gasteiger partial charge in [-0.25, -0.2) is 5.10 Å². The normalized spacial score (nSPS) is 10.0. The highest BCUT2D eigenvalue weighted by Gasteiger charge is 1.97. The lowest BCUT2D eigenvalue weighted by molar-refractivity contribution is 0.992. The first-order valence-electron chi connectivity index (χ1n) is 3.45. The van der Waals surface area contributed by atoms with Crippen molar-refractivity contribution in [3.8, 4) is 10.4 Å². The Bertz CT molecular complexity index is 419. The van der Waals surface area contributed by atoms with E-state index >= 15 is 0 Å². The van der Waals surface area contributed by atoms with Crippen LogP contribution in [0, 0.1) is 0 Å². The minimum absolute atomic E-state index is 0.166. The lowest BCUT2D eigenvalue weighted by atomic mass is 10.2. The molecule has 0 bridgehead atoms. The van der Waals surface area contributed by atoms with E-state index in [-0.39, 0.29) is 5.56 Å². The first kappa shape index (κ1) is 7.24. The zero-order valence-electron chi connectivity index (χ0n) is 6.15. The van der Waals surface area contributed by atoms with Crippen LogP contribution in [0.5, 0.6) is 0 Å². The second-order valence-corrected chi connectivity index (χ2v) is 3.26. The molecule has 0 fully saturated rings. The summed E-state index contributed by atoms with van der Waals surface area (Å²) in [6.07, 6.45) is 1.65. The summed E-state index contributed by atoms with van der Waals surface area (Å²) in [4.78, 5) is 11.9. The third-order valence-electron chi connectivity index (χ3n) is 1.47. The van der Waals surface area contributed by atoms with E-state index in [9.17, 15) is 4.79 Å². The first-order valence-corrected chi connectivity index (χ1v) is 4.33. The maximum absolute atomic E-state index is 10.9. The van der Waals surface area contributed by atoms with Gasteiger partial charge in [-0.15, -0.1) is 11.3 Å². The van der Waals surface area contributed by atoms with Gasteiger partial charge in [-0.1, -0.05) is 6.07 Å². The van der Waals surface area contributed by atoms with Crippen molar-refractivity contribution < 1.29 is 0 Å². The molecule has 3 nitrogen and oxygen atoms in total. The van der Waals surface area contributed by atoms with Crippen molar-refractivity contribution in [3.05, 3.63) is 40.1 Å². The molecule has 0 aliphatic carbocycles. The number of hydrogen-bond donors (Lipinski definition) is 1. The summed E-state index contributed by atoms with van der Waals surface area (Å²) < 4.78 is 0. The molecular weight excluding hydrogens is 172 g/mol. The van der Waals surface area contributed by atoms with Crippen LogP contribution in [0.3, 0.4) is 0 Å². The van der Waals surface area contributed by atoms with Crippen molar-refractivity contribution in [1.82, 2.24) is 10.2 Å². The van der Waals surface area contributed by atoms with E-state index in [4.69, 9.17) is 0 Å². The Morgan fingerprint density at radius 3 is 3.08 bits per heavy atom. The average Bonchev–Trinajstić information content (AvgIpc) is 2.56. The zero-order chi connectivity index (χ0) is 8.39. The van der Waals surface area contributed by atoms with Gasteiger partial charge in [-0.2, -0.15) is 5.10 Å². The van der Waals surface area contributed by atoms with Gasteiger partial charge in [0.25, 0.3) is 5.56 Å². The molecule has 2 rings (SSSR count). The van der Waals surface area contributed by atoms with E-state index in [1.165, 1.54) is 0 Å². The molecule has 0 aromatic carbocycles. The van der Waals surface area contributed by atoms with Gasteiger partial charge in [0.05, 0.1) is 6.20 Å². The molecule has 2 aromatic rings. The van der Waals surface area contributed by atoms with Gasteiger partial charge >= 0.3 is 0 Å². The van der Waals surface area contributed by atoms with Crippen molar-refractivity contribution >= 4 is 11.3 Å². The van der Waals surface area contributed by atoms with E-state index < -0.39 is 0 Å². The molecule has 0 unspecified atom stereocenters. The molecule has 0 aliphatic heterocycles. The van der Waals surface area contributed by atoms with Crippen LogP contribution in [0.4, 0.5) is 0 Å². The highest BCUT2D eigenvalue weighted by Crippen LogP contribution is 2.21. The number of rotatable bonds is 1. The molecule has 4 heteroatoms. The van der Waals surface area contributed by atoms with E-state index in [1.54, 1.807) is 23.6 Å². The van der Waals surface area contributed by atoms with Crippen molar-refractivity contribution in [2.45, 2.75) is 0 Å². The van der Waals surface area contributed by atoms with Gasteiger partial charge < -0.3 is 0 Å². The Balaban J connectivity index is 2.55. The van der Waals surface area contributed by atoms with Gasteiger partial charge in [-0.05, 0) is 11.4 Å². The van der Waals surface area contributed by atoms with E-state index in [2.05, 4.69) is 10.2 Å². The molecule has 2 heterocycles. The third-order valence-corrected chi connectivity index (χ3v) is 2.39. The first-order chi connectivity index (χ1) is 5.86. The Kier molecular flexibility index (Phi) is 1.75. The highest BCUT2D eigenvalue weighted by molar-refractivity contribution is 7.13. The number of aromatic nitrogens is 2. The molecule has 2 aromatic heterocycles. The van der Waals surface area contributed by atoms with E-state index in [0.717, 1.165) is 10.4 Å². The molecule has 0 amide bonds. The maximum atomic E-state index is 10.9. The number of nitrogens with one attached hydrogen (secondary N) is 1. The zero-order valence-corrected chi connectivity index (χ0v) is 6.97. The number of nitrogens with zero attached hydrogens (tertiary/aromatic N) is 1. The highest BCUT2D eigenvalue weighted by atomic mass is 32.1. The maximum Gasteiger partial charge on any atom is 0.264 e. The van der Waals surface area contributed by atoms with Gasteiger partial charge in [0.2, 0.25) is 0 Å². The van der Waals surface area contributed by atoms with Crippen LogP contribution >= 0.6 is 11.3 Å². The lowest BCUT2D eigenvalue weighted by Gasteiger charge is -1.92. The summed E-state index contributed by atoms with van der Waals surface area (Å²) in [7, 11) is 0. The number of H-pyrrole nitrogens is 1. The van der Waals surface area contributed by atoms with Crippen LogP contribution in [0.1, 0.15) is 0 Å². The molecule has 1 N–H and O–H groups in total. The summed E-state index contributed by atoms with van der Waals surface area (Å²) in [5, 5.41) is 8.01. The second kappa shape index (κ2) is 2.91. The Morgan fingerprint density at radius 2 is 2.42 bits per heavy atom. The summed E-state index contributed by atoms with van der Waals surface area (Å²) in [5.41, 5.74) is 0.703. The summed E-state index contributed by atoms with van der Waals surface area (Å²) in [6.45, 7) is 0. The Hall–Kier alpha value is -1.42. The smallest absolute Gasteiger partial charge is 0.264 e. The fourth-order valence-electron chi connectivity index (χ4n) is 0.954. The summed E-state index contributed by atoms with van der Waals surface area (Å²) >= 11 is 1.59. The number of thiophene rings is 1. The predicted molar refractivity (Wildman–Crippen MR) is 48.2 cm³/mol. The summed E-state index contributed by atoms with van der Waals surface area (Å²) in [6, 6.07) is 5.45. The standard InChI is InChI=1S/C8H6N2OS/c11-8-4-6(5-9-10-8)7-2-1-3-12-7/h1-5H,(H,10,11). The molecule has 0 saturated heterocycles. The van der Waals surface area contributed by atoms with Crippen molar-refractivity contribution in [2.24, 2.45) is 0 Å². The van der Waals surface area contributed by atoms with Gasteiger partial charge in [0, 0.05) is 16.5 Å². The van der Waals surface area contributed by atoms with Crippen LogP contribution < -0.4 is 5.56 Å². The lowest BCUT2D eigenvalue weighted by Crippen LogP contribution is -2.04. The molecule has 0 atom stereocenters. The van der Waals surface area contributed by atoms with Crippen molar-refractivity contribution in [1.29, 1.82) is 0 Å². The minimum Gasteiger partial charge on any atom is -0.268 e. The Labute approximate surface area is 72.7 Å². The topological polar surface area (TPSA) is 45.8 Å². The molecule has 60 valence electrons. The van der Waals surface area contributed by atoms with Crippen molar-refractivity contribution in [3.63, 3.8) is 0 Å². The van der Waals surface area contributed by atoms with Crippen LogP contribution in [0.15, 0.2) is 34.6 Å². The summed E-state index contributed by atoms with van der Waals surface area (Å²) in [5.74, 6) is 0. The van der Waals surface area contributed by atoms with Crippen LogP contribution in [-0.2, 0) is 0 Å². The molecule has 0 spiro atoms. The third kappa shape index (κ3) is 1.29. The fraction of sp³-hybridized carbons (Fsp3) is 0. The van der Waals surface area contributed by atoms with Crippen molar-refractivity contribution in [2.75, 3.05) is 0 Å².